The smallest absolute Gasteiger partial charge is 0.239 e. The number of nitrogens with one attached hydrogen (secondary N) is 2. The molecular formula is C23H31IN4O2S. The summed E-state index contributed by atoms with van der Waals surface area (Å²) in [4.78, 5) is 20.1. The molecule has 1 unspecified atom stereocenters. The lowest BCUT2D eigenvalue weighted by atomic mass is 10.2. The zero-order chi connectivity index (χ0) is 21.2. The first-order valence-corrected chi connectivity index (χ1v) is 11.2. The van der Waals surface area contributed by atoms with E-state index < -0.39 is 0 Å². The van der Waals surface area contributed by atoms with E-state index in [1.54, 1.807) is 14.2 Å². The van der Waals surface area contributed by atoms with Crippen LogP contribution in [0.2, 0.25) is 0 Å². The van der Waals surface area contributed by atoms with Crippen LogP contribution >= 0.6 is 35.7 Å². The lowest BCUT2D eigenvalue weighted by molar-refractivity contribution is -0.120. The summed E-state index contributed by atoms with van der Waals surface area (Å²) in [5.74, 6) is 3.27. The van der Waals surface area contributed by atoms with Crippen molar-refractivity contribution in [3.05, 3.63) is 60.2 Å². The number of methoxy groups -OCH3 is 1. The SMILES string of the molecule is CN=C(NCC(=O)NCc1ccc(OC)cc1)N1CCC(CSc2ccccc2)C1.I. The van der Waals surface area contributed by atoms with Gasteiger partial charge in [0, 0.05) is 37.3 Å². The Morgan fingerprint density at radius 1 is 1.16 bits per heavy atom. The van der Waals surface area contributed by atoms with Crippen molar-refractivity contribution in [2.45, 2.75) is 17.9 Å². The molecule has 1 fully saturated rings. The molecule has 1 amide bonds. The number of benzene rings is 2. The van der Waals surface area contributed by atoms with Gasteiger partial charge in [0.25, 0.3) is 0 Å². The van der Waals surface area contributed by atoms with Crippen molar-refractivity contribution in [1.29, 1.82) is 0 Å². The predicted molar refractivity (Wildman–Crippen MR) is 138 cm³/mol. The molecule has 2 N–H and O–H groups in total. The van der Waals surface area contributed by atoms with Crippen molar-refractivity contribution in [3.63, 3.8) is 0 Å². The van der Waals surface area contributed by atoms with Crippen molar-refractivity contribution in [3.8, 4) is 5.75 Å². The summed E-state index contributed by atoms with van der Waals surface area (Å²) >= 11 is 1.91. The number of thioether (sulfide) groups is 1. The van der Waals surface area contributed by atoms with E-state index in [4.69, 9.17) is 4.74 Å². The Labute approximate surface area is 206 Å². The summed E-state index contributed by atoms with van der Waals surface area (Å²) < 4.78 is 5.15. The fourth-order valence-corrected chi connectivity index (χ4v) is 4.44. The van der Waals surface area contributed by atoms with E-state index in [0.717, 1.165) is 42.5 Å². The largest absolute Gasteiger partial charge is 0.497 e. The van der Waals surface area contributed by atoms with Gasteiger partial charge in [-0.3, -0.25) is 9.79 Å². The van der Waals surface area contributed by atoms with Crippen LogP contribution in [-0.4, -0.2) is 56.3 Å². The maximum absolute atomic E-state index is 12.2. The average molecular weight is 554 g/mol. The van der Waals surface area contributed by atoms with E-state index >= 15 is 0 Å². The van der Waals surface area contributed by atoms with Gasteiger partial charge in [-0.05, 0) is 42.2 Å². The normalized spacial score (nSPS) is 15.9. The van der Waals surface area contributed by atoms with Crippen LogP contribution in [0.5, 0.6) is 5.75 Å². The molecule has 0 spiro atoms. The summed E-state index contributed by atoms with van der Waals surface area (Å²) in [5, 5.41) is 6.13. The molecule has 1 heterocycles. The number of hydrogen-bond donors (Lipinski definition) is 2. The average Bonchev–Trinajstić information content (AvgIpc) is 3.26. The van der Waals surface area contributed by atoms with Crippen LogP contribution in [-0.2, 0) is 11.3 Å². The molecule has 1 atom stereocenters. The number of halogens is 1. The van der Waals surface area contributed by atoms with Crippen LogP contribution in [0.15, 0.2) is 64.5 Å². The topological polar surface area (TPSA) is 66.0 Å². The monoisotopic (exact) mass is 554 g/mol. The van der Waals surface area contributed by atoms with E-state index in [2.05, 4.69) is 44.8 Å². The van der Waals surface area contributed by atoms with Gasteiger partial charge in [-0.15, -0.1) is 35.7 Å². The number of rotatable bonds is 8. The molecule has 31 heavy (non-hydrogen) atoms. The quantitative estimate of drug-likeness (QED) is 0.226. The Bertz CT molecular complexity index is 833. The highest BCUT2D eigenvalue weighted by Crippen LogP contribution is 2.25. The van der Waals surface area contributed by atoms with E-state index in [9.17, 15) is 4.79 Å². The van der Waals surface area contributed by atoms with Crippen molar-refractivity contribution in [2.24, 2.45) is 10.9 Å². The molecule has 0 saturated carbocycles. The zero-order valence-electron chi connectivity index (χ0n) is 18.0. The maximum Gasteiger partial charge on any atom is 0.239 e. The van der Waals surface area contributed by atoms with Crippen molar-refractivity contribution < 1.29 is 9.53 Å². The minimum absolute atomic E-state index is 0. The Morgan fingerprint density at radius 2 is 1.90 bits per heavy atom. The highest BCUT2D eigenvalue weighted by Gasteiger charge is 2.25. The Kier molecular flexibility index (Phi) is 11.0. The second-order valence-corrected chi connectivity index (χ2v) is 8.34. The molecular weight excluding hydrogens is 523 g/mol. The number of nitrogens with zero attached hydrogens (tertiary/aromatic N) is 2. The van der Waals surface area contributed by atoms with E-state index in [0.29, 0.717) is 12.5 Å². The summed E-state index contributed by atoms with van der Waals surface area (Å²) in [6, 6.07) is 18.2. The molecule has 1 aliphatic rings. The van der Waals surface area contributed by atoms with Crippen LogP contribution in [0.4, 0.5) is 0 Å². The fraction of sp³-hybridized carbons (Fsp3) is 0.391. The van der Waals surface area contributed by atoms with Gasteiger partial charge < -0.3 is 20.3 Å². The van der Waals surface area contributed by atoms with Gasteiger partial charge in [-0.1, -0.05) is 30.3 Å². The number of likely N-dealkylation sites (tertiary alicyclic amines) is 1. The van der Waals surface area contributed by atoms with Gasteiger partial charge in [-0.2, -0.15) is 0 Å². The van der Waals surface area contributed by atoms with Crippen molar-refractivity contribution in [1.82, 2.24) is 15.5 Å². The molecule has 1 aliphatic heterocycles. The van der Waals surface area contributed by atoms with E-state index in [1.807, 2.05) is 42.1 Å². The van der Waals surface area contributed by atoms with Crippen LogP contribution in [0.25, 0.3) is 0 Å². The number of amides is 1. The van der Waals surface area contributed by atoms with Crippen LogP contribution in [0, 0.1) is 5.92 Å². The minimum atomic E-state index is -0.0534. The van der Waals surface area contributed by atoms with Gasteiger partial charge in [0.15, 0.2) is 5.96 Å². The van der Waals surface area contributed by atoms with Gasteiger partial charge in [0.2, 0.25) is 5.91 Å². The first-order valence-electron chi connectivity index (χ1n) is 10.2. The third-order valence-electron chi connectivity index (χ3n) is 5.08. The number of carbonyl (C=O) groups excluding carboxylic acids is 1. The second kappa shape index (κ2) is 13.5. The summed E-state index contributed by atoms with van der Waals surface area (Å²) in [6.45, 7) is 2.63. The summed E-state index contributed by atoms with van der Waals surface area (Å²) in [5.41, 5.74) is 1.03. The van der Waals surface area contributed by atoms with Gasteiger partial charge in [0.05, 0.1) is 13.7 Å². The van der Waals surface area contributed by atoms with Crippen LogP contribution in [0.3, 0.4) is 0 Å². The third kappa shape index (κ3) is 8.25. The highest BCUT2D eigenvalue weighted by molar-refractivity contribution is 14.0. The lowest BCUT2D eigenvalue weighted by Gasteiger charge is -2.21. The number of hydrogen-bond acceptors (Lipinski definition) is 4. The molecule has 8 heteroatoms. The Balaban J connectivity index is 0.00000341. The van der Waals surface area contributed by atoms with Crippen LogP contribution < -0.4 is 15.4 Å². The minimum Gasteiger partial charge on any atom is -0.497 e. The van der Waals surface area contributed by atoms with Crippen molar-refractivity contribution >= 4 is 47.6 Å². The molecule has 2 aromatic carbocycles. The van der Waals surface area contributed by atoms with Crippen molar-refractivity contribution in [2.75, 3.05) is 39.5 Å². The molecule has 0 aromatic heterocycles. The number of aliphatic imine (C=N–C) groups is 1. The second-order valence-electron chi connectivity index (χ2n) is 7.25. The Morgan fingerprint density at radius 3 is 2.58 bits per heavy atom. The van der Waals surface area contributed by atoms with E-state index in [-0.39, 0.29) is 36.4 Å². The summed E-state index contributed by atoms with van der Waals surface area (Å²) in [7, 11) is 3.41. The van der Waals surface area contributed by atoms with Gasteiger partial charge in [0.1, 0.15) is 5.75 Å². The molecule has 168 valence electrons. The molecule has 0 radical (unpaired) electrons. The number of ether oxygens (including phenoxy) is 1. The predicted octanol–water partition coefficient (Wildman–Crippen LogP) is 3.62. The van der Waals surface area contributed by atoms with Crippen LogP contribution in [0.1, 0.15) is 12.0 Å². The summed E-state index contributed by atoms with van der Waals surface area (Å²) in [6.07, 6.45) is 1.14. The van der Waals surface area contributed by atoms with Gasteiger partial charge >= 0.3 is 0 Å². The van der Waals surface area contributed by atoms with Gasteiger partial charge in [-0.25, -0.2) is 0 Å². The number of guanidine groups is 1. The first kappa shape index (κ1) is 25.3. The molecule has 0 bridgehead atoms. The molecule has 3 rings (SSSR count). The Hall–Kier alpha value is -1.94. The molecule has 0 aliphatic carbocycles. The molecule has 6 nitrogen and oxygen atoms in total. The lowest BCUT2D eigenvalue weighted by Crippen LogP contribution is -2.44. The number of carbonyl (C=O) groups is 1. The zero-order valence-corrected chi connectivity index (χ0v) is 21.2. The standard InChI is InChI=1S/C23H30N4O2S.HI/c1-24-23(26-15-22(28)25-14-18-8-10-20(29-2)11-9-18)27-13-12-19(16-27)17-30-21-6-4-3-5-7-21;/h3-11,19H,12-17H2,1-2H3,(H,24,26)(H,25,28);1H. The van der Waals surface area contributed by atoms with E-state index in [1.165, 1.54) is 4.90 Å². The fourth-order valence-electron chi connectivity index (χ4n) is 3.39. The maximum atomic E-state index is 12.2. The molecule has 1 saturated heterocycles. The first-order chi connectivity index (χ1) is 14.7. The third-order valence-corrected chi connectivity index (χ3v) is 6.33. The highest BCUT2D eigenvalue weighted by atomic mass is 127. The molecule has 2 aromatic rings.